The van der Waals surface area contributed by atoms with Gasteiger partial charge in [-0.3, -0.25) is 9.59 Å². The van der Waals surface area contributed by atoms with Gasteiger partial charge in [-0.1, -0.05) is 18.2 Å². The highest BCUT2D eigenvalue weighted by Gasteiger charge is 2.28. The lowest BCUT2D eigenvalue weighted by Crippen LogP contribution is -2.55. The van der Waals surface area contributed by atoms with E-state index in [4.69, 9.17) is 9.47 Å². The zero-order chi connectivity index (χ0) is 19.6. The number of para-hydroxylation sites is 1. The molecule has 0 bridgehead atoms. The van der Waals surface area contributed by atoms with Gasteiger partial charge in [0.1, 0.15) is 11.8 Å². The highest BCUT2D eigenvalue weighted by Crippen LogP contribution is 2.09. The molecule has 1 fully saturated rings. The first-order chi connectivity index (χ1) is 13.0. The van der Waals surface area contributed by atoms with Crippen molar-refractivity contribution in [2.75, 3.05) is 39.4 Å². The molecule has 0 aliphatic carbocycles. The Labute approximate surface area is 159 Å². The summed E-state index contributed by atoms with van der Waals surface area (Å²) >= 11 is 0. The number of carbonyl (C=O) groups excluding carboxylic acids is 3. The molecule has 0 saturated carbocycles. The standard InChI is InChI=1S/C19H27N3O5/c1-3-26-19(25)22-12-10-21(11-13-22)18(24)15(2)20-17(23)9-14-27-16-7-5-4-6-8-16/h4-8,15H,3,9-14H2,1-2H3,(H,20,23)/t15-/m0/s1. The van der Waals surface area contributed by atoms with Crippen molar-refractivity contribution in [1.29, 1.82) is 0 Å². The van der Waals surface area contributed by atoms with Crippen LogP contribution in [0.4, 0.5) is 4.79 Å². The minimum absolute atomic E-state index is 0.157. The normalized spacial score (nSPS) is 15.0. The van der Waals surface area contributed by atoms with Crippen molar-refractivity contribution in [3.8, 4) is 5.75 Å². The average molecular weight is 377 g/mol. The second kappa shape index (κ2) is 10.4. The molecule has 2 rings (SSSR count). The van der Waals surface area contributed by atoms with E-state index in [1.165, 1.54) is 0 Å². The number of amides is 3. The van der Waals surface area contributed by atoms with Gasteiger partial charge in [-0.2, -0.15) is 0 Å². The van der Waals surface area contributed by atoms with Crippen LogP contribution in [0.2, 0.25) is 0 Å². The van der Waals surface area contributed by atoms with Crippen molar-refractivity contribution in [3.63, 3.8) is 0 Å². The van der Waals surface area contributed by atoms with Crippen LogP contribution in [0.15, 0.2) is 30.3 Å². The van der Waals surface area contributed by atoms with Gasteiger partial charge in [-0.25, -0.2) is 4.79 Å². The summed E-state index contributed by atoms with van der Waals surface area (Å²) in [5.41, 5.74) is 0. The molecular weight excluding hydrogens is 350 g/mol. The Balaban J connectivity index is 1.69. The third-order valence-corrected chi connectivity index (χ3v) is 4.21. The maximum atomic E-state index is 12.5. The smallest absolute Gasteiger partial charge is 0.409 e. The second-order valence-electron chi connectivity index (χ2n) is 6.21. The zero-order valence-electron chi connectivity index (χ0n) is 15.8. The van der Waals surface area contributed by atoms with Crippen molar-refractivity contribution in [2.24, 2.45) is 0 Å². The Kier molecular flexibility index (Phi) is 7.91. The molecule has 0 unspecified atom stereocenters. The van der Waals surface area contributed by atoms with Crippen molar-refractivity contribution in [1.82, 2.24) is 15.1 Å². The van der Waals surface area contributed by atoms with Crippen LogP contribution in [0.1, 0.15) is 20.3 Å². The predicted molar refractivity (Wildman–Crippen MR) is 99.3 cm³/mol. The maximum Gasteiger partial charge on any atom is 0.409 e. The fraction of sp³-hybridized carbons (Fsp3) is 0.526. The molecule has 8 heteroatoms. The number of nitrogens with one attached hydrogen (secondary N) is 1. The minimum Gasteiger partial charge on any atom is -0.493 e. The van der Waals surface area contributed by atoms with E-state index in [1.807, 2.05) is 30.3 Å². The molecule has 1 atom stereocenters. The number of rotatable bonds is 7. The van der Waals surface area contributed by atoms with E-state index in [-0.39, 0.29) is 30.9 Å². The minimum atomic E-state index is -0.622. The first kappa shape index (κ1) is 20.5. The lowest BCUT2D eigenvalue weighted by molar-refractivity contribution is -0.137. The Morgan fingerprint density at radius 2 is 1.70 bits per heavy atom. The summed E-state index contributed by atoms with van der Waals surface area (Å²) in [6.45, 7) is 5.70. The summed E-state index contributed by atoms with van der Waals surface area (Å²) in [6.07, 6.45) is -0.187. The molecule has 1 aromatic rings. The van der Waals surface area contributed by atoms with Crippen molar-refractivity contribution in [2.45, 2.75) is 26.3 Å². The zero-order valence-corrected chi connectivity index (χ0v) is 15.8. The molecule has 1 heterocycles. The molecule has 148 valence electrons. The topological polar surface area (TPSA) is 88.2 Å². The summed E-state index contributed by atoms with van der Waals surface area (Å²) in [6, 6.07) is 8.62. The van der Waals surface area contributed by atoms with Crippen molar-refractivity contribution >= 4 is 17.9 Å². The molecular formula is C19H27N3O5. The van der Waals surface area contributed by atoms with Gasteiger partial charge < -0.3 is 24.6 Å². The van der Waals surface area contributed by atoms with Crippen LogP contribution in [-0.4, -0.2) is 73.1 Å². The van der Waals surface area contributed by atoms with Crippen molar-refractivity contribution < 1.29 is 23.9 Å². The van der Waals surface area contributed by atoms with E-state index in [0.717, 1.165) is 0 Å². The maximum absolute atomic E-state index is 12.5. The van der Waals surface area contributed by atoms with Crippen LogP contribution >= 0.6 is 0 Å². The number of ether oxygens (including phenoxy) is 2. The van der Waals surface area contributed by atoms with Crippen LogP contribution in [0, 0.1) is 0 Å². The molecule has 0 aromatic heterocycles. The Hall–Kier alpha value is -2.77. The monoisotopic (exact) mass is 377 g/mol. The summed E-state index contributed by atoms with van der Waals surface area (Å²) in [7, 11) is 0. The van der Waals surface area contributed by atoms with E-state index < -0.39 is 6.04 Å². The van der Waals surface area contributed by atoms with Gasteiger partial charge in [0.2, 0.25) is 11.8 Å². The summed E-state index contributed by atoms with van der Waals surface area (Å²) in [5.74, 6) is 0.307. The van der Waals surface area contributed by atoms with Gasteiger partial charge in [-0.05, 0) is 26.0 Å². The Morgan fingerprint density at radius 1 is 1.07 bits per heavy atom. The predicted octanol–water partition coefficient (Wildman–Crippen LogP) is 1.26. The van der Waals surface area contributed by atoms with Crippen LogP contribution in [0.5, 0.6) is 5.75 Å². The number of hydrogen-bond acceptors (Lipinski definition) is 5. The molecule has 0 spiro atoms. The molecule has 1 aliphatic heterocycles. The number of hydrogen-bond donors (Lipinski definition) is 1. The van der Waals surface area contributed by atoms with E-state index in [9.17, 15) is 14.4 Å². The van der Waals surface area contributed by atoms with Crippen molar-refractivity contribution in [3.05, 3.63) is 30.3 Å². The highest BCUT2D eigenvalue weighted by atomic mass is 16.6. The SMILES string of the molecule is CCOC(=O)N1CCN(C(=O)[C@H](C)NC(=O)CCOc2ccccc2)CC1. The van der Waals surface area contributed by atoms with E-state index in [1.54, 1.807) is 23.6 Å². The first-order valence-corrected chi connectivity index (χ1v) is 9.19. The van der Waals surface area contributed by atoms with Gasteiger partial charge in [0.15, 0.2) is 0 Å². The molecule has 1 aliphatic rings. The van der Waals surface area contributed by atoms with Crippen LogP contribution in [-0.2, 0) is 14.3 Å². The third kappa shape index (κ3) is 6.47. The number of piperazine rings is 1. The van der Waals surface area contributed by atoms with E-state index in [2.05, 4.69) is 5.32 Å². The van der Waals surface area contributed by atoms with Gasteiger partial charge in [-0.15, -0.1) is 0 Å². The van der Waals surface area contributed by atoms with Crippen LogP contribution in [0.25, 0.3) is 0 Å². The highest BCUT2D eigenvalue weighted by molar-refractivity contribution is 5.87. The van der Waals surface area contributed by atoms with Gasteiger partial charge in [0.05, 0.1) is 19.6 Å². The molecule has 1 saturated heterocycles. The van der Waals surface area contributed by atoms with E-state index >= 15 is 0 Å². The van der Waals surface area contributed by atoms with Gasteiger partial charge >= 0.3 is 6.09 Å². The number of nitrogens with zero attached hydrogens (tertiary/aromatic N) is 2. The van der Waals surface area contributed by atoms with Gasteiger partial charge in [0, 0.05) is 26.2 Å². The molecule has 27 heavy (non-hydrogen) atoms. The Morgan fingerprint density at radius 3 is 2.33 bits per heavy atom. The number of carbonyl (C=O) groups is 3. The van der Waals surface area contributed by atoms with E-state index in [0.29, 0.717) is 38.5 Å². The number of benzene rings is 1. The molecule has 1 N–H and O–H groups in total. The lowest BCUT2D eigenvalue weighted by atomic mass is 10.2. The molecule has 3 amide bonds. The molecule has 8 nitrogen and oxygen atoms in total. The summed E-state index contributed by atoms with van der Waals surface area (Å²) < 4.78 is 10.4. The quantitative estimate of drug-likeness (QED) is 0.773. The largest absolute Gasteiger partial charge is 0.493 e. The van der Waals surface area contributed by atoms with Gasteiger partial charge in [0.25, 0.3) is 0 Å². The second-order valence-corrected chi connectivity index (χ2v) is 6.21. The van der Waals surface area contributed by atoms with Crippen LogP contribution < -0.4 is 10.1 Å². The molecule has 0 radical (unpaired) electrons. The molecule has 1 aromatic carbocycles. The average Bonchev–Trinajstić information content (AvgIpc) is 2.68. The summed E-state index contributed by atoms with van der Waals surface area (Å²) in [4.78, 5) is 39.4. The first-order valence-electron chi connectivity index (χ1n) is 9.19. The Bertz CT molecular complexity index is 629. The lowest BCUT2D eigenvalue weighted by Gasteiger charge is -2.35. The fourth-order valence-electron chi connectivity index (χ4n) is 2.75. The van der Waals surface area contributed by atoms with Crippen LogP contribution in [0.3, 0.4) is 0 Å². The third-order valence-electron chi connectivity index (χ3n) is 4.21. The fourth-order valence-corrected chi connectivity index (χ4v) is 2.75. The summed E-state index contributed by atoms with van der Waals surface area (Å²) in [5, 5.41) is 2.70.